The van der Waals surface area contributed by atoms with E-state index in [2.05, 4.69) is 5.32 Å². The highest BCUT2D eigenvalue weighted by Crippen LogP contribution is 2.09. The summed E-state index contributed by atoms with van der Waals surface area (Å²) in [7, 11) is 0. The SMILES string of the molecule is CC(=O)N1CCN(C(=O)CCC(=O)NCc2ccc(Cl)cc2)CC1. The number of halogens is 1. The molecule has 1 aliphatic rings. The zero-order valence-electron chi connectivity index (χ0n) is 13.8. The van der Waals surface area contributed by atoms with Crippen molar-refractivity contribution in [2.75, 3.05) is 26.2 Å². The van der Waals surface area contributed by atoms with Crippen LogP contribution in [-0.4, -0.2) is 53.7 Å². The molecule has 7 heteroatoms. The molecule has 1 N–H and O–H groups in total. The monoisotopic (exact) mass is 351 g/mol. The third kappa shape index (κ3) is 5.53. The third-order valence-electron chi connectivity index (χ3n) is 4.05. The molecule has 0 unspecified atom stereocenters. The maximum atomic E-state index is 12.1. The van der Waals surface area contributed by atoms with Crippen molar-refractivity contribution in [3.63, 3.8) is 0 Å². The molecule has 3 amide bonds. The first kappa shape index (κ1) is 18.3. The van der Waals surface area contributed by atoms with Crippen molar-refractivity contribution in [3.05, 3.63) is 34.9 Å². The Bertz CT molecular complexity index is 596. The number of nitrogens with zero attached hydrogens (tertiary/aromatic N) is 2. The van der Waals surface area contributed by atoms with Crippen molar-refractivity contribution in [1.29, 1.82) is 0 Å². The Balaban J connectivity index is 1.67. The maximum Gasteiger partial charge on any atom is 0.223 e. The smallest absolute Gasteiger partial charge is 0.223 e. The predicted octanol–water partition coefficient (Wildman–Crippen LogP) is 1.43. The zero-order valence-corrected chi connectivity index (χ0v) is 14.5. The van der Waals surface area contributed by atoms with E-state index in [0.717, 1.165) is 5.56 Å². The first-order valence-corrected chi connectivity index (χ1v) is 8.38. The fraction of sp³-hybridized carbons (Fsp3) is 0.471. The summed E-state index contributed by atoms with van der Waals surface area (Å²) in [5.74, 6) is -0.163. The van der Waals surface area contributed by atoms with E-state index in [1.807, 2.05) is 12.1 Å². The first-order valence-electron chi connectivity index (χ1n) is 8.00. The second kappa shape index (κ2) is 8.68. The molecule has 2 rings (SSSR count). The fourth-order valence-corrected chi connectivity index (χ4v) is 2.67. The van der Waals surface area contributed by atoms with Crippen LogP contribution in [0.15, 0.2) is 24.3 Å². The van der Waals surface area contributed by atoms with Crippen molar-refractivity contribution in [2.24, 2.45) is 0 Å². The highest BCUT2D eigenvalue weighted by Gasteiger charge is 2.22. The van der Waals surface area contributed by atoms with Crippen molar-refractivity contribution < 1.29 is 14.4 Å². The lowest BCUT2D eigenvalue weighted by atomic mass is 10.2. The molecule has 1 aliphatic heterocycles. The first-order chi connectivity index (χ1) is 11.5. The Hall–Kier alpha value is -2.08. The van der Waals surface area contributed by atoms with Crippen LogP contribution >= 0.6 is 11.6 Å². The van der Waals surface area contributed by atoms with Crippen LogP contribution in [0.1, 0.15) is 25.3 Å². The van der Waals surface area contributed by atoms with Gasteiger partial charge in [-0.1, -0.05) is 23.7 Å². The van der Waals surface area contributed by atoms with Crippen LogP contribution in [0.5, 0.6) is 0 Å². The minimum atomic E-state index is -0.152. The van der Waals surface area contributed by atoms with Gasteiger partial charge in [0.05, 0.1) is 0 Å². The quantitative estimate of drug-likeness (QED) is 0.872. The molecule has 0 aromatic heterocycles. The minimum Gasteiger partial charge on any atom is -0.352 e. The van der Waals surface area contributed by atoms with Gasteiger partial charge < -0.3 is 15.1 Å². The second-order valence-corrected chi connectivity index (χ2v) is 6.23. The third-order valence-corrected chi connectivity index (χ3v) is 4.30. The van der Waals surface area contributed by atoms with E-state index in [1.54, 1.807) is 21.9 Å². The molecular formula is C17H22ClN3O3. The van der Waals surface area contributed by atoms with Gasteiger partial charge in [-0.25, -0.2) is 0 Å². The average Bonchev–Trinajstić information content (AvgIpc) is 2.59. The fourth-order valence-electron chi connectivity index (χ4n) is 2.54. The number of piperazine rings is 1. The van der Waals surface area contributed by atoms with Gasteiger partial charge in [-0.2, -0.15) is 0 Å². The molecule has 1 saturated heterocycles. The summed E-state index contributed by atoms with van der Waals surface area (Å²) >= 11 is 5.81. The van der Waals surface area contributed by atoms with Gasteiger partial charge in [0.25, 0.3) is 0 Å². The lowest BCUT2D eigenvalue weighted by Gasteiger charge is -2.34. The molecule has 1 fully saturated rings. The van der Waals surface area contributed by atoms with E-state index in [0.29, 0.717) is 37.7 Å². The van der Waals surface area contributed by atoms with Gasteiger partial charge in [-0.3, -0.25) is 14.4 Å². The lowest BCUT2D eigenvalue weighted by molar-refractivity contribution is -0.139. The van der Waals surface area contributed by atoms with E-state index in [9.17, 15) is 14.4 Å². The highest BCUT2D eigenvalue weighted by atomic mass is 35.5. The summed E-state index contributed by atoms with van der Waals surface area (Å²) in [6.45, 7) is 4.13. The zero-order chi connectivity index (χ0) is 17.5. The number of nitrogens with one attached hydrogen (secondary N) is 1. The van der Waals surface area contributed by atoms with Gasteiger partial charge in [0.2, 0.25) is 17.7 Å². The highest BCUT2D eigenvalue weighted by molar-refractivity contribution is 6.30. The Labute approximate surface area is 146 Å². The number of hydrogen-bond donors (Lipinski definition) is 1. The van der Waals surface area contributed by atoms with Crippen LogP contribution in [0.2, 0.25) is 5.02 Å². The van der Waals surface area contributed by atoms with Gasteiger partial charge >= 0.3 is 0 Å². The topological polar surface area (TPSA) is 69.7 Å². The van der Waals surface area contributed by atoms with E-state index in [4.69, 9.17) is 11.6 Å². The predicted molar refractivity (Wildman–Crippen MR) is 91.4 cm³/mol. The number of carbonyl (C=O) groups excluding carboxylic acids is 3. The Kier molecular flexibility index (Phi) is 6.61. The van der Waals surface area contributed by atoms with E-state index in [1.165, 1.54) is 6.92 Å². The van der Waals surface area contributed by atoms with Crippen LogP contribution in [0.4, 0.5) is 0 Å². The van der Waals surface area contributed by atoms with E-state index >= 15 is 0 Å². The van der Waals surface area contributed by atoms with Crippen LogP contribution in [0, 0.1) is 0 Å². The number of hydrogen-bond acceptors (Lipinski definition) is 3. The molecule has 0 spiro atoms. The maximum absolute atomic E-state index is 12.1. The molecule has 0 radical (unpaired) electrons. The molecule has 0 atom stereocenters. The van der Waals surface area contributed by atoms with Crippen LogP contribution in [0.3, 0.4) is 0 Å². The van der Waals surface area contributed by atoms with Crippen molar-refractivity contribution in [3.8, 4) is 0 Å². The Morgan fingerprint density at radius 1 is 1.00 bits per heavy atom. The van der Waals surface area contributed by atoms with Gasteiger partial charge in [0, 0.05) is 57.5 Å². The normalized spacial score (nSPS) is 14.4. The minimum absolute atomic E-state index is 0.0312. The summed E-state index contributed by atoms with van der Waals surface area (Å²) in [4.78, 5) is 38.7. The molecule has 1 heterocycles. The molecule has 24 heavy (non-hydrogen) atoms. The van der Waals surface area contributed by atoms with Crippen LogP contribution in [-0.2, 0) is 20.9 Å². The van der Waals surface area contributed by atoms with Gasteiger partial charge in [-0.15, -0.1) is 0 Å². The Morgan fingerprint density at radius 3 is 2.17 bits per heavy atom. The second-order valence-electron chi connectivity index (χ2n) is 5.79. The lowest BCUT2D eigenvalue weighted by Crippen LogP contribution is -2.50. The molecule has 0 saturated carbocycles. The molecule has 0 bridgehead atoms. The van der Waals surface area contributed by atoms with E-state index in [-0.39, 0.29) is 30.6 Å². The van der Waals surface area contributed by atoms with Gasteiger partial charge in [-0.05, 0) is 17.7 Å². The molecular weight excluding hydrogens is 330 g/mol. The number of rotatable bonds is 5. The summed E-state index contributed by atoms with van der Waals surface area (Å²) in [6, 6.07) is 7.24. The number of carbonyl (C=O) groups is 3. The standard InChI is InChI=1S/C17H22ClN3O3/c1-13(22)20-8-10-21(11-9-20)17(24)7-6-16(23)19-12-14-2-4-15(18)5-3-14/h2-5H,6-12H2,1H3,(H,19,23). The Morgan fingerprint density at radius 2 is 1.58 bits per heavy atom. The summed E-state index contributed by atoms with van der Waals surface area (Å²) in [5.41, 5.74) is 0.958. The number of benzene rings is 1. The molecule has 1 aromatic rings. The van der Waals surface area contributed by atoms with Crippen molar-refractivity contribution in [1.82, 2.24) is 15.1 Å². The average molecular weight is 352 g/mol. The largest absolute Gasteiger partial charge is 0.352 e. The van der Waals surface area contributed by atoms with Gasteiger partial charge in [0.1, 0.15) is 0 Å². The molecule has 130 valence electrons. The molecule has 1 aromatic carbocycles. The number of amides is 3. The summed E-state index contributed by atoms with van der Waals surface area (Å²) in [5, 5.41) is 3.45. The summed E-state index contributed by atoms with van der Waals surface area (Å²) < 4.78 is 0. The van der Waals surface area contributed by atoms with Gasteiger partial charge in [0.15, 0.2) is 0 Å². The molecule has 6 nitrogen and oxygen atoms in total. The van der Waals surface area contributed by atoms with Crippen LogP contribution in [0.25, 0.3) is 0 Å². The van der Waals surface area contributed by atoms with E-state index < -0.39 is 0 Å². The summed E-state index contributed by atoms with van der Waals surface area (Å²) in [6.07, 6.45) is 0.353. The molecule has 0 aliphatic carbocycles. The van der Waals surface area contributed by atoms with Crippen LogP contribution < -0.4 is 5.32 Å². The van der Waals surface area contributed by atoms with Crippen molar-refractivity contribution >= 4 is 29.3 Å². The van der Waals surface area contributed by atoms with Crippen molar-refractivity contribution in [2.45, 2.75) is 26.3 Å².